The molecule has 24 heavy (non-hydrogen) atoms. The molecule has 0 heterocycles. The molecule has 4 nitrogen and oxygen atoms in total. The molecule has 0 fully saturated rings. The number of amides is 1. The smallest absolute Gasteiger partial charge is 0.341 e. The maximum Gasteiger partial charge on any atom is 0.341 e. The van der Waals surface area contributed by atoms with Crippen LogP contribution in [-0.4, -0.2) is 30.4 Å². The predicted molar refractivity (Wildman–Crippen MR) is 92.0 cm³/mol. The van der Waals surface area contributed by atoms with Gasteiger partial charge in [0.15, 0.2) is 6.61 Å². The van der Waals surface area contributed by atoms with E-state index in [9.17, 15) is 14.0 Å². The van der Waals surface area contributed by atoms with Gasteiger partial charge in [0.2, 0.25) is 0 Å². The van der Waals surface area contributed by atoms with Crippen LogP contribution in [0.3, 0.4) is 0 Å². The minimum absolute atomic E-state index is 0.165. The zero-order valence-electron chi connectivity index (χ0n) is 13.3. The van der Waals surface area contributed by atoms with Gasteiger partial charge in [-0.15, -0.1) is 0 Å². The molecule has 2 aromatic carbocycles. The van der Waals surface area contributed by atoms with Crippen molar-refractivity contribution in [1.29, 1.82) is 0 Å². The number of nitrogens with zero attached hydrogens (tertiary/aromatic N) is 1. The summed E-state index contributed by atoms with van der Waals surface area (Å²) in [6, 6.07) is 13.3. The predicted octanol–water partition coefficient (Wildman–Crippen LogP) is 3.96. The summed E-state index contributed by atoms with van der Waals surface area (Å²) in [4.78, 5) is 25.6. The summed E-state index contributed by atoms with van der Waals surface area (Å²) < 4.78 is 19.2. The standard InChI is InChI=1S/C18H17BrFNO3/c1-12(13-6-4-3-5-7-13)21(2)17(22)11-24-18(23)15-9-8-14(19)10-16(15)20/h3-10,12H,11H2,1-2H3/t12-/m0/s1. The largest absolute Gasteiger partial charge is 0.452 e. The van der Waals surface area contributed by atoms with Gasteiger partial charge in [-0.25, -0.2) is 9.18 Å². The summed E-state index contributed by atoms with van der Waals surface area (Å²) in [5.41, 5.74) is 0.767. The van der Waals surface area contributed by atoms with Crippen LogP contribution in [0.4, 0.5) is 4.39 Å². The molecule has 0 spiro atoms. The number of esters is 1. The van der Waals surface area contributed by atoms with Crippen molar-refractivity contribution in [3.05, 3.63) is 69.9 Å². The van der Waals surface area contributed by atoms with Crippen molar-refractivity contribution in [1.82, 2.24) is 4.90 Å². The summed E-state index contributed by atoms with van der Waals surface area (Å²) in [6.07, 6.45) is 0. The van der Waals surface area contributed by atoms with E-state index in [4.69, 9.17) is 4.74 Å². The molecule has 0 aliphatic heterocycles. The van der Waals surface area contributed by atoms with Crippen molar-refractivity contribution in [2.45, 2.75) is 13.0 Å². The van der Waals surface area contributed by atoms with Crippen LogP contribution < -0.4 is 0 Å². The number of ether oxygens (including phenoxy) is 1. The van der Waals surface area contributed by atoms with Crippen LogP contribution in [0.1, 0.15) is 28.9 Å². The Morgan fingerprint density at radius 3 is 2.50 bits per heavy atom. The molecule has 0 aliphatic carbocycles. The minimum Gasteiger partial charge on any atom is -0.452 e. The molecule has 0 aliphatic rings. The zero-order chi connectivity index (χ0) is 17.7. The number of hydrogen-bond acceptors (Lipinski definition) is 3. The number of rotatable bonds is 5. The summed E-state index contributed by atoms with van der Waals surface area (Å²) in [5.74, 6) is -1.93. The third kappa shape index (κ3) is 4.41. The average Bonchev–Trinajstić information content (AvgIpc) is 2.58. The lowest BCUT2D eigenvalue weighted by Crippen LogP contribution is -2.33. The van der Waals surface area contributed by atoms with E-state index in [1.807, 2.05) is 37.3 Å². The first-order valence-electron chi connectivity index (χ1n) is 7.33. The van der Waals surface area contributed by atoms with E-state index in [2.05, 4.69) is 15.9 Å². The zero-order valence-corrected chi connectivity index (χ0v) is 14.9. The third-order valence-electron chi connectivity index (χ3n) is 3.73. The number of halogens is 2. The molecule has 0 bridgehead atoms. The Labute approximate surface area is 148 Å². The molecule has 0 saturated heterocycles. The van der Waals surface area contributed by atoms with Crippen LogP contribution in [0, 0.1) is 5.82 Å². The van der Waals surface area contributed by atoms with Gasteiger partial charge in [-0.1, -0.05) is 46.3 Å². The first-order chi connectivity index (χ1) is 11.4. The van der Waals surface area contributed by atoms with Gasteiger partial charge >= 0.3 is 5.97 Å². The van der Waals surface area contributed by atoms with E-state index in [1.165, 1.54) is 23.1 Å². The summed E-state index contributed by atoms with van der Waals surface area (Å²) in [7, 11) is 1.63. The summed E-state index contributed by atoms with van der Waals surface area (Å²) >= 11 is 3.11. The Hall–Kier alpha value is -2.21. The van der Waals surface area contributed by atoms with Crippen molar-refractivity contribution in [2.75, 3.05) is 13.7 Å². The van der Waals surface area contributed by atoms with E-state index in [-0.39, 0.29) is 17.5 Å². The molecule has 0 saturated carbocycles. The molecule has 1 amide bonds. The van der Waals surface area contributed by atoms with Gasteiger partial charge in [0.05, 0.1) is 11.6 Å². The monoisotopic (exact) mass is 393 g/mol. The first-order valence-corrected chi connectivity index (χ1v) is 8.12. The number of carbonyl (C=O) groups excluding carboxylic acids is 2. The molecular formula is C18H17BrFNO3. The molecule has 1 atom stereocenters. The number of carbonyl (C=O) groups is 2. The SMILES string of the molecule is C[C@@H](c1ccccc1)N(C)C(=O)COC(=O)c1ccc(Br)cc1F. The van der Waals surface area contributed by atoms with Crippen molar-refractivity contribution < 1.29 is 18.7 Å². The molecular weight excluding hydrogens is 377 g/mol. The quantitative estimate of drug-likeness (QED) is 0.722. The van der Waals surface area contributed by atoms with E-state index in [1.54, 1.807) is 7.05 Å². The van der Waals surface area contributed by atoms with Crippen molar-refractivity contribution >= 4 is 27.8 Å². The van der Waals surface area contributed by atoms with Crippen LogP contribution in [0.2, 0.25) is 0 Å². The van der Waals surface area contributed by atoms with Crippen molar-refractivity contribution in [2.24, 2.45) is 0 Å². The van der Waals surface area contributed by atoms with Crippen LogP contribution in [0.15, 0.2) is 53.0 Å². The Morgan fingerprint density at radius 1 is 1.21 bits per heavy atom. The third-order valence-corrected chi connectivity index (χ3v) is 4.23. The Bertz CT molecular complexity index is 736. The van der Waals surface area contributed by atoms with Crippen LogP contribution in [0.5, 0.6) is 0 Å². The number of hydrogen-bond donors (Lipinski definition) is 0. The lowest BCUT2D eigenvalue weighted by molar-refractivity contribution is -0.135. The molecule has 0 N–H and O–H groups in total. The van der Waals surface area contributed by atoms with E-state index in [0.29, 0.717) is 4.47 Å². The van der Waals surface area contributed by atoms with Gasteiger partial charge in [-0.3, -0.25) is 4.79 Å². The average molecular weight is 394 g/mol. The van der Waals surface area contributed by atoms with Crippen LogP contribution in [-0.2, 0) is 9.53 Å². The molecule has 0 unspecified atom stereocenters. The second kappa shape index (κ2) is 8.06. The summed E-state index contributed by atoms with van der Waals surface area (Å²) in [6.45, 7) is 1.44. The maximum atomic E-state index is 13.7. The Kier molecular flexibility index (Phi) is 6.09. The van der Waals surface area contributed by atoms with Crippen LogP contribution in [0.25, 0.3) is 0 Å². The molecule has 2 rings (SSSR count). The topological polar surface area (TPSA) is 46.6 Å². The van der Waals surface area contributed by atoms with Gasteiger partial charge in [0, 0.05) is 11.5 Å². The highest BCUT2D eigenvalue weighted by Crippen LogP contribution is 2.19. The fourth-order valence-electron chi connectivity index (χ4n) is 2.13. The highest BCUT2D eigenvalue weighted by molar-refractivity contribution is 9.10. The lowest BCUT2D eigenvalue weighted by Gasteiger charge is -2.25. The van der Waals surface area contributed by atoms with Gasteiger partial charge in [-0.2, -0.15) is 0 Å². The van der Waals surface area contributed by atoms with Gasteiger partial charge < -0.3 is 9.64 Å². The fourth-order valence-corrected chi connectivity index (χ4v) is 2.47. The van der Waals surface area contributed by atoms with Crippen molar-refractivity contribution in [3.8, 4) is 0 Å². The molecule has 2 aromatic rings. The summed E-state index contributed by atoms with van der Waals surface area (Å²) in [5, 5.41) is 0. The van der Waals surface area contributed by atoms with E-state index in [0.717, 1.165) is 5.56 Å². The molecule has 0 radical (unpaired) electrons. The molecule has 0 aromatic heterocycles. The fraction of sp³-hybridized carbons (Fsp3) is 0.222. The van der Waals surface area contributed by atoms with Gasteiger partial charge in [0.1, 0.15) is 5.82 Å². The normalized spacial score (nSPS) is 11.7. The maximum absolute atomic E-state index is 13.7. The van der Waals surface area contributed by atoms with Crippen LogP contribution >= 0.6 is 15.9 Å². The lowest BCUT2D eigenvalue weighted by atomic mass is 10.1. The van der Waals surface area contributed by atoms with Gasteiger partial charge in [0.25, 0.3) is 5.91 Å². The Balaban J connectivity index is 1.96. The molecule has 6 heteroatoms. The second-order valence-electron chi connectivity index (χ2n) is 5.29. The highest BCUT2D eigenvalue weighted by atomic mass is 79.9. The van der Waals surface area contributed by atoms with Crippen molar-refractivity contribution in [3.63, 3.8) is 0 Å². The Morgan fingerprint density at radius 2 is 1.88 bits per heavy atom. The first kappa shape index (κ1) is 18.1. The number of likely N-dealkylation sites (N-methyl/N-ethyl adjacent to an activating group) is 1. The second-order valence-corrected chi connectivity index (χ2v) is 6.21. The minimum atomic E-state index is -0.867. The number of benzene rings is 2. The van der Waals surface area contributed by atoms with Gasteiger partial charge in [-0.05, 0) is 30.7 Å². The molecule has 126 valence electrons. The highest BCUT2D eigenvalue weighted by Gasteiger charge is 2.20. The van der Waals surface area contributed by atoms with E-state index < -0.39 is 18.4 Å². The van der Waals surface area contributed by atoms with E-state index >= 15 is 0 Å².